The second-order valence-corrected chi connectivity index (χ2v) is 3.56. The largest absolute Gasteiger partial charge is 0.493 e. The van der Waals surface area contributed by atoms with Crippen molar-refractivity contribution in [1.29, 1.82) is 0 Å². The van der Waals surface area contributed by atoms with E-state index >= 15 is 0 Å². The molecule has 1 aromatic carbocycles. The van der Waals surface area contributed by atoms with Crippen LogP contribution in [0.1, 0.15) is 5.69 Å². The summed E-state index contributed by atoms with van der Waals surface area (Å²) < 4.78 is 10.5. The highest BCUT2D eigenvalue weighted by molar-refractivity contribution is 5.89. The number of aryl methyl sites for hydroxylation is 1. The Bertz CT molecular complexity index is 538. The van der Waals surface area contributed by atoms with Gasteiger partial charge in [-0.1, -0.05) is 0 Å². The van der Waals surface area contributed by atoms with Crippen molar-refractivity contribution >= 4 is 16.6 Å². The number of nitrogens with two attached hydrogens (primary N) is 1. The van der Waals surface area contributed by atoms with Crippen LogP contribution in [0.15, 0.2) is 18.2 Å². The zero-order valence-corrected chi connectivity index (χ0v) is 9.57. The Balaban J connectivity index is 2.78. The number of fused-ring (bicyclic) bond motifs is 1. The molecule has 0 saturated heterocycles. The molecule has 0 amide bonds. The molecule has 2 rings (SSSR count). The number of rotatable bonds is 2. The van der Waals surface area contributed by atoms with E-state index in [0.29, 0.717) is 17.3 Å². The van der Waals surface area contributed by atoms with Crippen molar-refractivity contribution in [3.8, 4) is 11.5 Å². The molecule has 2 N–H and O–H groups in total. The third-order valence-corrected chi connectivity index (χ3v) is 2.55. The zero-order valence-electron chi connectivity index (χ0n) is 9.57. The summed E-state index contributed by atoms with van der Waals surface area (Å²) in [6, 6.07) is 5.64. The fourth-order valence-electron chi connectivity index (χ4n) is 1.77. The van der Waals surface area contributed by atoms with Gasteiger partial charge in [0.1, 0.15) is 5.82 Å². The standard InChI is InChI=1S/C12H14N2O2/c1-7-9-6-11(16-3)10(15-2)4-8(9)5-12(13)14-7/h4-6H,1-3H3,(H2,13,14). The van der Waals surface area contributed by atoms with Crippen molar-refractivity contribution in [1.82, 2.24) is 4.98 Å². The molecule has 0 spiro atoms. The van der Waals surface area contributed by atoms with Gasteiger partial charge in [-0.3, -0.25) is 0 Å². The summed E-state index contributed by atoms with van der Waals surface area (Å²) in [5, 5.41) is 2.02. The quantitative estimate of drug-likeness (QED) is 0.839. The van der Waals surface area contributed by atoms with Gasteiger partial charge < -0.3 is 15.2 Å². The number of hydrogen-bond acceptors (Lipinski definition) is 4. The van der Waals surface area contributed by atoms with Crippen molar-refractivity contribution in [3.05, 3.63) is 23.9 Å². The van der Waals surface area contributed by atoms with Crippen LogP contribution in [0.3, 0.4) is 0 Å². The molecule has 0 fully saturated rings. The first kappa shape index (κ1) is 10.5. The number of hydrogen-bond donors (Lipinski definition) is 1. The molecule has 0 unspecified atom stereocenters. The van der Waals surface area contributed by atoms with Crippen molar-refractivity contribution in [2.24, 2.45) is 0 Å². The minimum absolute atomic E-state index is 0.511. The number of nitrogens with zero attached hydrogens (tertiary/aromatic N) is 1. The molecule has 1 heterocycles. The number of nitrogen functional groups attached to an aromatic ring is 1. The first-order chi connectivity index (χ1) is 7.65. The normalized spacial score (nSPS) is 10.4. The molecule has 84 valence electrons. The van der Waals surface area contributed by atoms with E-state index in [-0.39, 0.29) is 0 Å². The smallest absolute Gasteiger partial charge is 0.161 e. The number of methoxy groups -OCH3 is 2. The SMILES string of the molecule is COc1cc2cc(N)nc(C)c2cc1OC. The molecule has 16 heavy (non-hydrogen) atoms. The first-order valence-corrected chi connectivity index (χ1v) is 4.94. The van der Waals surface area contributed by atoms with Gasteiger partial charge in [0.15, 0.2) is 11.5 Å². The molecular formula is C12H14N2O2. The average molecular weight is 218 g/mol. The highest BCUT2D eigenvalue weighted by Gasteiger charge is 2.08. The van der Waals surface area contributed by atoms with E-state index in [0.717, 1.165) is 16.5 Å². The lowest BCUT2D eigenvalue weighted by atomic mass is 10.1. The van der Waals surface area contributed by atoms with Crippen LogP contribution in [0.5, 0.6) is 11.5 Å². The number of ether oxygens (including phenoxy) is 2. The number of anilines is 1. The van der Waals surface area contributed by atoms with Crippen molar-refractivity contribution in [2.45, 2.75) is 6.92 Å². The zero-order chi connectivity index (χ0) is 11.7. The molecule has 2 aromatic rings. The monoisotopic (exact) mass is 218 g/mol. The second-order valence-electron chi connectivity index (χ2n) is 3.56. The Morgan fingerprint density at radius 3 is 2.31 bits per heavy atom. The Morgan fingerprint density at radius 1 is 1.06 bits per heavy atom. The number of benzene rings is 1. The van der Waals surface area contributed by atoms with Gasteiger partial charge >= 0.3 is 0 Å². The maximum Gasteiger partial charge on any atom is 0.161 e. The molecule has 4 heteroatoms. The number of aromatic nitrogens is 1. The molecule has 0 aliphatic carbocycles. The van der Waals surface area contributed by atoms with Gasteiger partial charge in [-0.2, -0.15) is 0 Å². The van der Waals surface area contributed by atoms with Crippen LogP contribution in [0.4, 0.5) is 5.82 Å². The van der Waals surface area contributed by atoms with Gasteiger partial charge in [0.05, 0.1) is 14.2 Å². The van der Waals surface area contributed by atoms with E-state index in [9.17, 15) is 0 Å². The van der Waals surface area contributed by atoms with E-state index in [4.69, 9.17) is 15.2 Å². The second kappa shape index (κ2) is 3.89. The summed E-state index contributed by atoms with van der Waals surface area (Å²) in [6.07, 6.45) is 0. The maximum absolute atomic E-state index is 5.70. The predicted octanol–water partition coefficient (Wildman–Crippen LogP) is 2.14. The van der Waals surface area contributed by atoms with Crippen LogP contribution in [-0.4, -0.2) is 19.2 Å². The van der Waals surface area contributed by atoms with Crippen molar-refractivity contribution in [2.75, 3.05) is 20.0 Å². The molecule has 1 aromatic heterocycles. The lowest BCUT2D eigenvalue weighted by Gasteiger charge is -2.10. The van der Waals surface area contributed by atoms with Crippen LogP contribution in [0.2, 0.25) is 0 Å². The van der Waals surface area contributed by atoms with Crippen LogP contribution in [0.25, 0.3) is 10.8 Å². The summed E-state index contributed by atoms with van der Waals surface area (Å²) in [5.41, 5.74) is 6.59. The topological polar surface area (TPSA) is 57.4 Å². The maximum atomic E-state index is 5.70. The third-order valence-electron chi connectivity index (χ3n) is 2.55. The van der Waals surface area contributed by atoms with Gasteiger partial charge in [-0.05, 0) is 30.5 Å². The molecule has 0 saturated carbocycles. The van der Waals surface area contributed by atoms with Gasteiger partial charge in [0.2, 0.25) is 0 Å². The number of pyridine rings is 1. The molecular weight excluding hydrogens is 204 g/mol. The Hall–Kier alpha value is -1.97. The summed E-state index contributed by atoms with van der Waals surface area (Å²) in [7, 11) is 3.23. The molecule has 0 radical (unpaired) electrons. The Morgan fingerprint density at radius 2 is 1.69 bits per heavy atom. The predicted molar refractivity (Wildman–Crippen MR) is 64.0 cm³/mol. The molecule has 0 bridgehead atoms. The molecule has 0 aliphatic heterocycles. The van der Waals surface area contributed by atoms with Crippen LogP contribution >= 0.6 is 0 Å². The minimum atomic E-state index is 0.511. The molecule has 0 atom stereocenters. The van der Waals surface area contributed by atoms with E-state index in [2.05, 4.69) is 4.98 Å². The molecule has 4 nitrogen and oxygen atoms in total. The highest BCUT2D eigenvalue weighted by atomic mass is 16.5. The summed E-state index contributed by atoms with van der Waals surface area (Å²) in [5.74, 6) is 1.90. The Labute approximate surface area is 94.0 Å². The van der Waals surface area contributed by atoms with Gasteiger partial charge in [-0.25, -0.2) is 4.98 Å². The van der Waals surface area contributed by atoms with Crippen LogP contribution in [-0.2, 0) is 0 Å². The summed E-state index contributed by atoms with van der Waals surface area (Å²) in [6.45, 7) is 1.92. The van der Waals surface area contributed by atoms with E-state index in [1.807, 2.05) is 25.1 Å². The lowest BCUT2D eigenvalue weighted by molar-refractivity contribution is 0.356. The van der Waals surface area contributed by atoms with E-state index < -0.39 is 0 Å². The van der Waals surface area contributed by atoms with E-state index in [1.165, 1.54) is 0 Å². The fraction of sp³-hybridized carbons (Fsp3) is 0.250. The van der Waals surface area contributed by atoms with Gasteiger partial charge in [-0.15, -0.1) is 0 Å². The van der Waals surface area contributed by atoms with Crippen LogP contribution in [0, 0.1) is 6.92 Å². The van der Waals surface area contributed by atoms with Crippen LogP contribution < -0.4 is 15.2 Å². The van der Waals surface area contributed by atoms with Crippen molar-refractivity contribution in [3.63, 3.8) is 0 Å². The fourth-order valence-corrected chi connectivity index (χ4v) is 1.77. The first-order valence-electron chi connectivity index (χ1n) is 4.94. The minimum Gasteiger partial charge on any atom is -0.493 e. The summed E-state index contributed by atoms with van der Waals surface area (Å²) in [4.78, 5) is 4.21. The molecule has 0 aliphatic rings. The Kier molecular flexibility index (Phi) is 2.56. The third kappa shape index (κ3) is 1.62. The van der Waals surface area contributed by atoms with E-state index in [1.54, 1.807) is 14.2 Å². The lowest BCUT2D eigenvalue weighted by Crippen LogP contribution is -1.95. The van der Waals surface area contributed by atoms with Gasteiger partial charge in [0.25, 0.3) is 0 Å². The highest BCUT2D eigenvalue weighted by Crippen LogP contribution is 2.33. The summed E-state index contributed by atoms with van der Waals surface area (Å²) >= 11 is 0. The van der Waals surface area contributed by atoms with Gasteiger partial charge in [0, 0.05) is 11.1 Å². The van der Waals surface area contributed by atoms with Crippen molar-refractivity contribution < 1.29 is 9.47 Å². The average Bonchev–Trinajstić information content (AvgIpc) is 2.27.